The summed E-state index contributed by atoms with van der Waals surface area (Å²) < 4.78 is 5.50. The zero-order chi connectivity index (χ0) is 19.8. The molecule has 6 nitrogen and oxygen atoms in total. The van der Waals surface area contributed by atoms with Crippen molar-refractivity contribution >= 4 is 16.9 Å². The number of aromatic amines is 1. The van der Waals surface area contributed by atoms with Gasteiger partial charge in [0.25, 0.3) is 0 Å². The summed E-state index contributed by atoms with van der Waals surface area (Å²) in [5, 5.41) is 7.35. The first-order valence-corrected chi connectivity index (χ1v) is 10.6. The van der Waals surface area contributed by atoms with Crippen LogP contribution in [0, 0.1) is 5.92 Å². The van der Waals surface area contributed by atoms with Crippen molar-refractivity contribution in [3.8, 4) is 0 Å². The molecule has 0 radical (unpaired) electrons. The normalized spacial score (nSPS) is 16.4. The molecule has 2 amide bonds. The van der Waals surface area contributed by atoms with Crippen LogP contribution >= 0.6 is 0 Å². The fraction of sp³-hybridized carbons (Fsp3) is 0.591. The molecule has 0 saturated carbocycles. The minimum absolute atomic E-state index is 0.0796. The molecule has 1 unspecified atom stereocenters. The largest absolute Gasteiger partial charge is 0.379 e. The van der Waals surface area contributed by atoms with Crippen LogP contribution in [0.15, 0.2) is 30.5 Å². The number of rotatable bonds is 9. The Bertz CT molecular complexity index is 735. The molecule has 1 fully saturated rings. The van der Waals surface area contributed by atoms with E-state index in [1.54, 1.807) is 0 Å². The predicted octanol–water partition coefficient (Wildman–Crippen LogP) is 3.15. The van der Waals surface area contributed by atoms with Gasteiger partial charge in [-0.05, 0) is 24.0 Å². The molecule has 1 aromatic carbocycles. The molecule has 3 N–H and O–H groups in total. The van der Waals surface area contributed by atoms with Gasteiger partial charge in [-0.2, -0.15) is 0 Å². The molecule has 2 heterocycles. The summed E-state index contributed by atoms with van der Waals surface area (Å²) in [5.41, 5.74) is 2.37. The summed E-state index contributed by atoms with van der Waals surface area (Å²) in [6.07, 6.45) is 5.10. The smallest absolute Gasteiger partial charge is 0.314 e. The van der Waals surface area contributed by atoms with E-state index in [0.717, 1.165) is 51.1 Å². The number of hydrogen-bond acceptors (Lipinski definition) is 3. The highest BCUT2D eigenvalue weighted by molar-refractivity contribution is 5.83. The molecule has 1 atom stereocenters. The first-order valence-electron chi connectivity index (χ1n) is 10.6. The van der Waals surface area contributed by atoms with E-state index < -0.39 is 0 Å². The maximum absolute atomic E-state index is 12.3. The number of morpholine rings is 1. The third kappa shape index (κ3) is 5.26. The van der Waals surface area contributed by atoms with Gasteiger partial charge in [0.2, 0.25) is 0 Å². The van der Waals surface area contributed by atoms with Crippen molar-refractivity contribution < 1.29 is 9.53 Å². The Labute approximate surface area is 168 Å². The zero-order valence-corrected chi connectivity index (χ0v) is 17.2. The van der Waals surface area contributed by atoms with E-state index in [-0.39, 0.29) is 6.03 Å². The number of carbonyl (C=O) groups excluding carboxylic acids is 1. The monoisotopic (exact) mass is 386 g/mol. The van der Waals surface area contributed by atoms with Crippen LogP contribution in [-0.2, 0) is 11.2 Å². The van der Waals surface area contributed by atoms with Gasteiger partial charge in [-0.3, -0.25) is 4.90 Å². The number of ether oxygens (including phenoxy) is 1. The standard InChI is InChI=1S/C22H34N4O2/c1-3-17(4-2)21(26-11-13-28-14-12-26)16-25-22(27)23-10-9-18-15-24-20-8-6-5-7-19(18)20/h5-8,15,17,21,24H,3-4,9-14,16H2,1-2H3,(H2,23,25,27). The molecule has 1 saturated heterocycles. The summed E-state index contributed by atoms with van der Waals surface area (Å²) in [4.78, 5) is 18.1. The molecule has 28 heavy (non-hydrogen) atoms. The van der Waals surface area contributed by atoms with Gasteiger partial charge in [0.15, 0.2) is 0 Å². The Morgan fingerprint density at radius 1 is 1.18 bits per heavy atom. The number of hydrogen-bond donors (Lipinski definition) is 3. The molecule has 1 aliphatic heterocycles. The summed E-state index contributed by atoms with van der Waals surface area (Å²) in [6.45, 7) is 9.26. The second-order valence-electron chi connectivity index (χ2n) is 7.54. The van der Waals surface area contributed by atoms with E-state index in [4.69, 9.17) is 4.74 Å². The van der Waals surface area contributed by atoms with Crippen molar-refractivity contribution in [2.45, 2.75) is 39.2 Å². The van der Waals surface area contributed by atoms with E-state index >= 15 is 0 Å². The quantitative estimate of drug-likeness (QED) is 0.620. The van der Waals surface area contributed by atoms with Crippen LogP contribution in [0.4, 0.5) is 4.79 Å². The topological polar surface area (TPSA) is 69.4 Å². The van der Waals surface area contributed by atoms with Crippen molar-refractivity contribution in [2.75, 3.05) is 39.4 Å². The Morgan fingerprint density at radius 2 is 1.93 bits per heavy atom. The van der Waals surface area contributed by atoms with E-state index in [1.165, 1.54) is 10.9 Å². The SMILES string of the molecule is CCC(CC)C(CNC(=O)NCCc1c[nH]c2ccccc12)N1CCOCC1. The first-order chi connectivity index (χ1) is 13.7. The first kappa shape index (κ1) is 20.7. The van der Waals surface area contributed by atoms with Crippen LogP contribution in [0.3, 0.4) is 0 Å². The molecule has 2 aromatic rings. The summed E-state index contributed by atoms with van der Waals surface area (Å²) in [5.74, 6) is 0.588. The lowest BCUT2D eigenvalue weighted by molar-refractivity contribution is 0.00238. The molecular formula is C22H34N4O2. The molecule has 1 aliphatic rings. The number of benzene rings is 1. The number of amides is 2. The molecule has 154 valence electrons. The van der Waals surface area contributed by atoms with E-state index in [2.05, 4.69) is 46.5 Å². The van der Waals surface area contributed by atoms with E-state index in [0.29, 0.717) is 25.0 Å². The van der Waals surface area contributed by atoms with Crippen molar-refractivity contribution in [1.29, 1.82) is 0 Å². The van der Waals surface area contributed by atoms with Gasteiger partial charge in [0, 0.05) is 49.3 Å². The Balaban J connectivity index is 1.47. The Hall–Kier alpha value is -2.05. The van der Waals surface area contributed by atoms with Gasteiger partial charge in [-0.1, -0.05) is 44.9 Å². The van der Waals surface area contributed by atoms with Crippen LogP contribution in [0.25, 0.3) is 10.9 Å². The molecule has 0 bridgehead atoms. The van der Waals surface area contributed by atoms with Crippen molar-refractivity contribution in [1.82, 2.24) is 20.5 Å². The minimum atomic E-state index is -0.0796. The average Bonchev–Trinajstić information content (AvgIpc) is 3.15. The number of urea groups is 1. The summed E-state index contributed by atoms with van der Waals surface area (Å²) >= 11 is 0. The molecule has 0 aliphatic carbocycles. The number of carbonyl (C=O) groups is 1. The second-order valence-corrected chi connectivity index (χ2v) is 7.54. The van der Waals surface area contributed by atoms with Crippen LogP contribution in [-0.4, -0.2) is 61.3 Å². The van der Waals surface area contributed by atoms with E-state index in [1.807, 2.05) is 18.3 Å². The highest BCUT2D eigenvalue weighted by atomic mass is 16.5. The second kappa shape index (κ2) is 10.5. The van der Waals surface area contributed by atoms with Crippen LogP contribution in [0.1, 0.15) is 32.3 Å². The average molecular weight is 387 g/mol. The third-order valence-corrected chi connectivity index (χ3v) is 5.93. The number of fused-ring (bicyclic) bond motifs is 1. The lowest BCUT2D eigenvalue weighted by atomic mass is 9.92. The molecule has 3 rings (SSSR count). The highest BCUT2D eigenvalue weighted by Gasteiger charge is 2.27. The third-order valence-electron chi connectivity index (χ3n) is 5.93. The lowest BCUT2D eigenvalue weighted by Crippen LogP contribution is -2.53. The molecule has 1 aromatic heterocycles. The summed E-state index contributed by atoms with van der Waals surface area (Å²) in [6, 6.07) is 8.55. The van der Waals surface area contributed by atoms with Gasteiger partial charge < -0.3 is 20.4 Å². The van der Waals surface area contributed by atoms with Crippen LogP contribution in [0.5, 0.6) is 0 Å². The molecule has 0 spiro atoms. The lowest BCUT2D eigenvalue weighted by Gasteiger charge is -2.38. The Morgan fingerprint density at radius 3 is 2.68 bits per heavy atom. The van der Waals surface area contributed by atoms with Gasteiger partial charge >= 0.3 is 6.03 Å². The van der Waals surface area contributed by atoms with Crippen molar-refractivity contribution in [3.05, 3.63) is 36.0 Å². The fourth-order valence-electron chi connectivity index (χ4n) is 4.24. The van der Waals surface area contributed by atoms with Gasteiger partial charge in [-0.25, -0.2) is 4.79 Å². The number of nitrogens with one attached hydrogen (secondary N) is 3. The maximum atomic E-state index is 12.3. The van der Waals surface area contributed by atoms with Crippen molar-refractivity contribution in [3.63, 3.8) is 0 Å². The Kier molecular flexibility index (Phi) is 7.74. The maximum Gasteiger partial charge on any atom is 0.314 e. The number of para-hydroxylation sites is 1. The fourth-order valence-corrected chi connectivity index (χ4v) is 4.24. The molecule has 6 heteroatoms. The summed E-state index contributed by atoms with van der Waals surface area (Å²) in [7, 11) is 0. The van der Waals surface area contributed by atoms with E-state index in [9.17, 15) is 4.79 Å². The zero-order valence-electron chi connectivity index (χ0n) is 17.2. The van der Waals surface area contributed by atoms with Crippen LogP contribution < -0.4 is 10.6 Å². The van der Waals surface area contributed by atoms with Crippen molar-refractivity contribution in [2.24, 2.45) is 5.92 Å². The van der Waals surface area contributed by atoms with Gasteiger partial charge in [-0.15, -0.1) is 0 Å². The minimum Gasteiger partial charge on any atom is -0.379 e. The van der Waals surface area contributed by atoms with Gasteiger partial charge in [0.1, 0.15) is 0 Å². The number of nitrogens with zero attached hydrogens (tertiary/aromatic N) is 1. The van der Waals surface area contributed by atoms with Gasteiger partial charge in [0.05, 0.1) is 13.2 Å². The molecular weight excluding hydrogens is 352 g/mol. The van der Waals surface area contributed by atoms with Crippen LogP contribution in [0.2, 0.25) is 0 Å². The number of aromatic nitrogens is 1. The predicted molar refractivity (Wildman–Crippen MR) is 114 cm³/mol. The number of H-pyrrole nitrogens is 1. The highest BCUT2D eigenvalue weighted by Crippen LogP contribution is 2.20.